The largest absolute Gasteiger partial charge is 0.284 e. The molecule has 0 fully saturated rings. The summed E-state index contributed by atoms with van der Waals surface area (Å²) in [4.78, 5) is 0. The van der Waals surface area contributed by atoms with E-state index in [1.807, 2.05) is 18.2 Å². The Hall–Kier alpha value is -2.74. The molecule has 0 saturated carbocycles. The van der Waals surface area contributed by atoms with E-state index in [1.54, 1.807) is 0 Å². The van der Waals surface area contributed by atoms with Gasteiger partial charge in [0, 0.05) is 7.05 Å². The van der Waals surface area contributed by atoms with Gasteiger partial charge < -0.3 is 0 Å². The van der Waals surface area contributed by atoms with Crippen molar-refractivity contribution in [3.63, 3.8) is 0 Å². The molecule has 0 aliphatic rings. The molecule has 21 heavy (non-hydrogen) atoms. The van der Waals surface area contributed by atoms with Gasteiger partial charge in [0.05, 0.1) is 17.1 Å². The molecule has 3 aromatic carbocycles. The van der Waals surface area contributed by atoms with Gasteiger partial charge >= 0.3 is 0 Å². The summed E-state index contributed by atoms with van der Waals surface area (Å²) >= 11 is 0. The summed E-state index contributed by atoms with van der Waals surface area (Å²) in [7, 11) is 2.08. The van der Waals surface area contributed by atoms with Gasteiger partial charge in [-0.05, 0) is 36.4 Å². The molecular formula is C19H18N2. The third-order valence-electron chi connectivity index (χ3n) is 3.43. The fourth-order valence-corrected chi connectivity index (χ4v) is 2.39. The SMILES string of the molecule is CN(c1ccccc1)N(c1ccccc1)c1ccccc1. The van der Waals surface area contributed by atoms with E-state index in [2.05, 4.69) is 89.9 Å². The van der Waals surface area contributed by atoms with Crippen LogP contribution in [0.3, 0.4) is 0 Å². The number of hydrogen-bond acceptors (Lipinski definition) is 2. The van der Waals surface area contributed by atoms with Crippen LogP contribution in [0.1, 0.15) is 0 Å². The second-order valence-corrected chi connectivity index (χ2v) is 4.84. The van der Waals surface area contributed by atoms with E-state index in [4.69, 9.17) is 0 Å². The van der Waals surface area contributed by atoms with Crippen LogP contribution in [-0.4, -0.2) is 7.05 Å². The molecule has 0 N–H and O–H groups in total. The highest BCUT2D eigenvalue weighted by atomic mass is 15.6. The maximum absolute atomic E-state index is 2.20. The van der Waals surface area contributed by atoms with Gasteiger partial charge in [-0.3, -0.25) is 10.0 Å². The van der Waals surface area contributed by atoms with Crippen LogP contribution in [0.15, 0.2) is 91.0 Å². The smallest absolute Gasteiger partial charge is 0.0632 e. The van der Waals surface area contributed by atoms with E-state index >= 15 is 0 Å². The van der Waals surface area contributed by atoms with Gasteiger partial charge in [0.15, 0.2) is 0 Å². The van der Waals surface area contributed by atoms with E-state index < -0.39 is 0 Å². The van der Waals surface area contributed by atoms with Crippen LogP contribution in [0.5, 0.6) is 0 Å². The first-order valence-electron chi connectivity index (χ1n) is 7.05. The molecule has 3 aromatic rings. The quantitative estimate of drug-likeness (QED) is 0.626. The summed E-state index contributed by atoms with van der Waals surface area (Å²) in [6.07, 6.45) is 0. The van der Waals surface area contributed by atoms with Crippen LogP contribution in [0.2, 0.25) is 0 Å². The highest BCUT2D eigenvalue weighted by molar-refractivity contribution is 5.69. The molecule has 0 aromatic heterocycles. The number of anilines is 3. The molecule has 0 unspecified atom stereocenters. The Balaban J connectivity index is 2.05. The molecule has 0 spiro atoms. The maximum Gasteiger partial charge on any atom is 0.0632 e. The van der Waals surface area contributed by atoms with Gasteiger partial charge in [0.25, 0.3) is 0 Å². The molecule has 2 heteroatoms. The number of rotatable bonds is 4. The zero-order chi connectivity index (χ0) is 14.5. The van der Waals surface area contributed by atoms with E-state index in [1.165, 1.54) is 0 Å². The Labute approximate surface area is 125 Å². The van der Waals surface area contributed by atoms with Crippen molar-refractivity contribution in [2.45, 2.75) is 0 Å². The minimum Gasteiger partial charge on any atom is -0.284 e. The van der Waals surface area contributed by atoms with Crippen LogP contribution in [-0.2, 0) is 0 Å². The van der Waals surface area contributed by atoms with Crippen LogP contribution >= 0.6 is 0 Å². The number of nitrogens with zero attached hydrogens (tertiary/aromatic N) is 2. The minimum atomic E-state index is 1.13. The molecule has 104 valence electrons. The Kier molecular flexibility index (Phi) is 3.88. The van der Waals surface area contributed by atoms with Crippen LogP contribution < -0.4 is 10.0 Å². The molecule has 0 saturated heterocycles. The molecule has 0 aliphatic heterocycles. The number of hydrogen-bond donors (Lipinski definition) is 0. The summed E-state index contributed by atoms with van der Waals surface area (Å²) in [6.45, 7) is 0. The summed E-state index contributed by atoms with van der Waals surface area (Å²) in [5, 5.41) is 4.36. The van der Waals surface area contributed by atoms with Crippen LogP contribution in [0, 0.1) is 0 Å². The third kappa shape index (κ3) is 2.90. The van der Waals surface area contributed by atoms with Gasteiger partial charge in [-0.25, -0.2) is 0 Å². The number of benzene rings is 3. The van der Waals surface area contributed by atoms with Crippen molar-refractivity contribution in [3.8, 4) is 0 Å². The third-order valence-corrected chi connectivity index (χ3v) is 3.43. The number of hydrazine groups is 1. The van der Waals surface area contributed by atoms with Crippen molar-refractivity contribution < 1.29 is 0 Å². The zero-order valence-electron chi connectivity index (χ0n) is 12.1. The Bertz CT molecular complexity index is 626. The molecular weight excluding hydrogens is 256 g/mol. The summed E-state index contributed by atoms with van der Waals surface area (Å²) < 4.78 is 0. The predicted molar refractivity (Wildman–Crippen MR) is 89.9 cm³/mol. The molecule has 0 aliphatic carbocycles. The van der Waals surface area contributed by atoms with Crippen molar-refractivity contribution in [2.75, 3.05) is 17.1 Å². The standard InChI is InChI=1S/C19H18N2/c1-20(17-11-5-2-6-12-17)21(18-13-7-3-8-14-18)19-15-9-4-10-16-19/h2-16H,1H3. The maximum atomic E-state index is 2.20. The monoisotopic (exact) mass is 274 g/mol. The van der Waals surface area contributed by atoms with Gasteiger partial charge in [-0.1, -0.05) is 54.6 Å². The highest BCUT2D eigenvalue weighted by Gasteiger charge is 2.14. The second-order valence-electron chi connectivity index (χ2n) is 4.84. The average molecular weight is 274 g/mol. The van der Waals surface area contributed by atoms with Gasteiger partial charge in [-0.2, -0.15) is 0 Å². The minimum absolute atomic E-state index is 1.13. The molecule has 0 radical (unpaired) electrons. The Morgan fingerprint density at radius 3 is 1.19 bits per heavy atom. The van der Waals surface area contributed by atoms with Gasteiger partial charge in [-0.15, -0.1) is 0 Å². The second kappa shape index (κ2) is 6.14. The van der Waals surface area contributed by atoms with Crippen molar-refractivity contribution in [1.29, 1.82) is 0 Å². The van der Waals surface area contributed by atoms with E-state index in [9.17, 15) is 0 Å². The lowest BCUT2D eigenvalue weighted by atomic mass is 10.2. The fourth-order valence-electron chi connectivity index (χ4n) is 2.39. The van der Waals surface area contributed by atoms with Crippen LogP contribution in [0.4, 0.5) is 17.1 Å². The van der Waals surface area contributed by atoms with Crippen molar-refractivity contribution >= 4 is 17.1 Å². The summed E-state index contributed by atoms with van der Waals surface area (Å²) in [6, 6.07) is 31.1. The summed E-state index contributed by atoms with van der Waals surface area (Å²) in [5.74, 6) is 0. The molecule has 0 amide bonds. The molecule has 0 atom stereocenters. The lowest BCUT2D eigenvalue weighted by Gasteiger charge is -2.35. The summed E-state index contributed by atoms with van der Waals surface area (Å²) in [5.41, 5.74) is 3.41. The number of para-hydroxylation sites is 3. The van der Waals surface area contributed by atoms with E-state index in [0.29, 0.717) is 0 Å². The van der Waals surface area contributed by atoms with E-state index in [0.717, 1.165) is 17.1 Å². The van der Waals surface area contributed by atoms with E-state index in [-0.39, 0.29) is 0 Å². The first-order chi connectivity index (χ1) is 10.4. The first-order valence-corrected chi connectivity index (χ1v) is 7.05. The topological polar surface area (TPSA) is 6.48 Å². The van der Waals surface area contributed by atoms with Crippen molar-refractivity contribution in [2.24, 2.45) is 0 Å². The highest BCUT2D eigenvalue weighted by Crippen LogP contribution is 2.29. The van der Waals surface area contributed by atoms with Gasteiger partial charge in [0.1, 0.15) is 0 Å². The zero-order valence-corrected chi connectivity index (χ0v) is 12.1. The normalized spacial score (nSPS) is 10.1. The predicted octanol–water partition coefficient (Wildman–Crippen LogP) is 4.88. The average Bonchev–Trinajstić information content (AvgIpc) is 2.58. The lowest BCUT2D eigenvalue weighted by molar-refractivity contribution is 0.938. The van der Waals surface area contributed by atoms with Gasteiger partial charge in [0.2, 0.25) is 0 Å². The van der Waals surface area contributed by atoms with Crippen molar-refractivity contribution in [1.82, 2.24) is 0 Å². The lowest BCUT2D eigenvalue weighted by Crippen LogP contribution is -2.36. The van der Waals surface area contributed by atoms with Crippen molar-refractivity contribution in [3.05, 3.63) is 91.0 Å². The fraction of sp³-hybridized carbons (Fsp3) is 0.0526. The van der Waals surface area contributed by atoms with Crippen LogP contribution in [0.25, 0.3) is 0 Å². The Morgan fingerprint density at radius 1 is 0.476 bits per heavy atom. The first kappa shape index (κ1) is 13.3. The molecule has 0 bridgehead atoms. The molecule has 2 nitrogen and oxygen atoms in total. The molecule has 3 rings (SSSR count). The Morgan fingerprint density at radius 2 is 0.810 bits per heavy atom. The molecule has 0 heterocycles.